The second kappa shape index (κ2) is 6.90. The van der Waals surface area contributed by atoms with Gasteiger partial charge in [-0.2, -0.15) is 0 Å². The lowest BCUT2D eigenvalue weighted by atomic mass is 10.1. The molecule has 0 atom stereocenters. The van der Waals surface area contributed by atoms with Gasteiger partial charge in [0.2, 0.25) is 0 Å². The molecule has 0 unspecified atom stereocenters. The van der Waals surface area contributed by atoms with Gasteiger partial charge in [0.25, 0.3) is 0 Å². The molecule has 0 radical (unpaired) electrons. The van der Waals surface area contributed by atoms with Gasteiger partial charge < -0.3 is 10.1 Å². The van der Waals surface area contributed by atoms with E-state index in [2.05, 4.69) is 11.4 Å². The summed E-state index contributed by atoms with van der Waals surface area (Å²) in [5.41, 5.74) is 2.00. The Labute approximate surface area is 113 Å². The molecule has 3 heteroatoms. The monoisotopic (exact) mass is 260 g/mol. The van der Waals surface area contributed by atoms with Crippen LogP contribution in [0.1, 0.15) is 11.1 Å². The van der Waals surface area contributed by atoms with E-state index in [0.717, 1.165) is 24.3 Å². The normalized spacial score (nSPS) is 10.4. The molecule has 0 amide bonds. The van der Waals surface area contributed by atoms with Crippen LogP contribution in [0.3, 0.4) is 0 Å². The van der Waals surface area contributed by atoms with E-state index < -0.39 is 0 Å². The van der Waals surface area contributed by atoms with Gasteiger partial charge in [-0.05, 0) is 23.8 Å². The molecule has 0 saturated carbocycles. The smallest absolute Gasteiger partial charge is 0.132 e. The van der Waals surface area contributed by atoms with Gasteiger partial charge in [-0.3, -0.25) is 0 Å². The number of hydrogen-bond donors (Lipinski definition) is 1. The molecule has 0 aromatic heterocycles. The van der Waals surface area contributed by atoms with Gasteiger partial charge in [0.15, 0.2) is 0 Å². The largest absolute Gasteiger partial charge is 0.497 e. The fraction of sp³-hybridized carbons (Fsp3) is 0.250. The van der Waals surface area contributed by atoms with Crippen LogP contribution in [0.15, 0.2) is 48.5 Å². The highest BCUT2D eigenvalue weighted by atomic mass is 19.1. The number of rotatable bonds is 6. The zero-order valence-corrected chi connectivity index (χ0v) is 11.1. The third kappa shape index (κ3) is 4.07. The third-order valence-electron chi connectivity index (χ3n) is 3.09. The summed E-state index contributed by atoms with van der Waals surface area (Å²) in [6.07, 6.45) is 0.950. The minimum absolute atomic E-state index is 0.125. The number of hydrogen-bond acceptors (Lipinski definition) is 1. The van der Waals surface area contributed by atoms with Gasteiger partial charge >= 0.3 is 0 Å². The first-order valence-corrected chi connectivity index (χ1v) is 6.47. The molecule has 19 heavy (non-hydrogen) atoms. The quantitative estimate of drug-likeness (QED) is 0.791. The van der Waals surface area contributed by atoms with Gasteiger partial charge in [-0.15, -0.1) is 0 Å². The van der Waals surface area contributed by atoms with Gasteiger partial charge in [-0.25, -0.2) is 4.39 Å². The van der Waals surface area contributed by atoms with Crippen LogP contribution in [0.4, 0.5) is 4.39 Å². The summed E-state index contributed by atoms with van der Waals surface area (Å²) < 4.78 is 18.6. The van der Waals surface area contributed by atoms with Crippen molar-refractivity contribution < 1.29 is 14.4 Å². The minimum atomic E-state index is -0.125. The lowest BCUT2D eigenvalue weighted by molar-refractivity contribution is -0.670. The van der Waals surface area contributed by atoms with Crippen molar-refractivity contribution in [1.29, 1.82) is 0 Å². The van der Waals surface area contributed by atoms with E-state index in [1.54, 1.807) is 13.2 Å². The van der Waals surface area contributed by atoms with Crippen LogP contribution < -0.4 is 10.1 Å². The lowest BCUT2D eigenvalue weighted by Crippen LogP contribution is -2.83. The Morgan fingerprint density at radius 1 is 1.11 bits per heavy atom. The molecule has 0 aliphatic rings. The topological polar surface area (TPSA) is 25.8 Å². The lowest BCUT2D eigenvalue weighted by Gasteiger charge is -2.05. The first-order chi connectivity index (χ1) is 9.29. The van der Waals surface area contributed by atoms with Crippen molar-refractivity contribution in [3.8, 4) is 5.75 Å². The van der Waals surface area contributed by atoms with E-state index in [9.17, 15) is 4.39 Å². The van der Waals surface area contributed by atoms with Gasteiger partial charge in [0, 0.05) is 12.0 Å². The Balaban J connectivity index is 1.79. The highest BCUT2D eigenvalue weighted by Gasteiger charge is 2.02. The molecule has 0 saturated heterocycles. The molecule has 2 N–H and O–H groups in total. The zero-order valence-electron chi connectivity index (χ0n) is 11.1. The summed E-state index contributed by atoms with van der Waals surface area (Å²) in [4.78, 5) is 0. The molecule has 0 spiro atoms. The maximum Gasteiger partial charge on any atom is 0.132 e. The average Bonchev–Trinajstić information content (AvgIpc) is 2.45. The molecule has 2 aromatic carbocycles. The van der Waals surface area contributed by atoms with Crippen LogP contribution >= 0.6 is 0 Å². The van der Waals surface area contributed by atoms with Crippen molar-refractivity contribution in [3.63, 3.8) is 0 Å². The van der Waals surface area contributed by atoms with E-state index in [4.69, 9.17) is 4.74 Å². The predicted octanol–water partition coefficient (Wildman–Crippen LogP) is 2.14. The van der Waals surface area contributed by atoms with E-state index in [0.29, 0.717) is 6.54 Å². The Kier molecular flexibility index (Phi) is 4.93. The third-order valence-corrected chi connectivity index (χ3v) is 3.09. The maximum absolute atomic E-state index is 13.4. The van der Waals surface area contributed by atoms with Crippen LogP contribution in [-0.2, 0) is 13.0 Å². The van der Waals surface area contributed by atoms with Crippen molar-refractivity contribution in [2.75, 3.05) is 13.7 Å². The summed E-state index contributed by atoms with van der Waals surface area (Å²) in [6, 6.07) is 15.0. The van der Waals surface area contributed by atoms with E-state index in [-0.39, 0.29) is 5.82 Å². The molecule has 0 aliphatic carbocycles. The van der Waals surface area contributed by atoms with Crippen LogP contribution in [-0.4, -0.2) is 13.7 Å². The van der Waals surface area contributed by atoms with Crippen molar-refractivity contribution in [3.05, 3.63) is 65.5 Å². The number of nitrogens with two attached hydrogens (primary N) is 1. The highest BCUT2D eigenvalue weighted by molar-refractivity contribution is 5.28. The first-order valence-electron chi connectivity index (χ1n) is 6.47. The standard InChI is InChI=1S/C16H18FNO/c1-19-15-7-4-5-13(11-15)9-10-18-12-14-6-2-3-8-16(14)17/h2-8,11,18H,9-10,12H2,1H3/p+1. The van der Waals surface area contributed by atoms with Crippen LogP contribution in [0.2, 0.25) is 0 Å². The summed E-state index contributed by atoms with van der Waals surface area (Å²) in [6.45, 7) is 1.61. The average molecular weight is 260 g/mol. The van der Waals surface area contributed by atoms with Crippen molar-refractivity contribution in [2.24, 2.45) is 0 Å². The Bertz CT molecular complexity index is 528. The molecular formula is C16H19FNO+. The second-order valence-electron chi connectivity index (χ2n) is 4.47. The fourth-order valence-corrected chi connectivity index (χ4v) is 2.02. The molecule has 0 aliphatic heterocycles. The van der Waals surface area contributed by atoms with Crippen molar-refractivity contribution >= 4 is 0 Å². The molecule has 100 valence electrons. The number of halogens is 1. The first kappa shape index (κ1) is 13.6. The zero-order chi connectivity index (χ0) is 13.5. The number of quaternary nitrogens is 1. The van der Waals surface area contributed by atoms with E-state index in [1.807, 2.05) is 30.3 Å². The Morgan fingerprint density at radius 3 is 2.74 bits per heavy atom. The summed E-state index contributed by atoms with van der Waals surface area (Å²) in [5, 5.41) is 2.12. The minimum Gasteiger partial charge on any atom is -0.497 e. The fourth-order valence-electron chi connectivity index (χ4n) is 2.02. The van der Waals surface area contributed by atoms with Crippen LogP contribution in [0.25, 0.3) is 0 Å². The molecule has 2 nitrogen and oxygen atoms in total. The molecule has 2 rings (SSSR count). The molecular weight excluding hydrogens is 241 g/mol. The highest BCUT2D eigenvalue weighted by Crippen LogP contribution is 2.12. The summed E-state index contributed by atoms with van der Waals surface area (Å²) in [5.74, 6) is 0.756. The predicted molar refractivity (Wildman–Crippen MR) is 73.6 cm³/mol. The SMILES string of the molecule is COc1cccc(CC[NH2+]Cc2ccccc2F)c1. The number of methoxy groups -OCH3 is 1. The van der Waals surface area contributed by atoms with Crippen molar-refractivity contribution in [1.82, 2.24) is 0 Å². The van der Waals surface area contributed by atoms with Crippen molar-refractivity contribution in [2.45, 2.75) is 13.0 Å². The Hall–Kier alpha value is -1.87. The maximum atomic E-state index is 13.4. The molecule has 0 bridgehead atoms. The van der Waals surface area contributed by atoms with Gasteiger partial charge in [0.1, 0.15) is 18.1 Å². The molecule has 0 fully saturated rings. The van der Waals surface area contributed by atoms with Gasteiger partial charge in [0.05, 0.1) is 13.7 Å². The van der Waals surface area contributed by atoms with Crippen LogP contribution in [0, 0.1) is 5.82 Å². The van der Waals surface area contributed by atoms with Crippen LogP contribution in [0.5, 0.6) is 5.75 Å². The number of ether oxygens (including phenoxy) is 1. The molecule has 2 aromatic rings. The number of benzene rings is 2. The Morgan fingerprint density at radius 2 is 1.95 bits per heavy atom. The summed E-state index contributed by atoms with van der Waals surface area (Å²) >= 11 is 0. The second-order valence-corrected chi connectivity index (χ2v) is 4.47. The molecule has 0 heterocycles. The van der Waals surface area contributed by atoms with E-state index >= 15 is 0 Å². The van der Waals surface area contributed by atoms with E-state index in [1.165, 1.54) is 11.6 Å². The summed E-state index contributed by atoms with van der Waals surface area (Å²) in [7, 11) is 1.67. The van der Waals surface area contributed by atoms with Gasteiger partial charge in [-0.1, -0.05) is 30.3 Å².